The number of H-pyrrole nitrogens is 1. The van der Waals surface area contributed by atoms with Gasteiger partial charge in [0.1, 0.15) is 0 Å². The van der Waals surface area contributed by atoms with Crippen LogP contribution in [-0.4, -0.2) is 16.7 Å². The number of carbonyl (C=O) groups is 2. The van der Waals surface area contributed by atoms with Gasteiger partial charge >= 0.3 is 0 Å². The molecular formula is C20H17ClN2O2. The van der Waals surface area contributed by atoms with E-state index in [-0.39, 0.29) is 11.7 Å². The molecule has 2 aromatic carbocycles. The largest absolute Gasteiger partial charge is 0.361 e. The summed E-state index contributed by atoms with van der Waals surface area (Å²) in [6, 6.07) is 12.7. The van der Waals surface area contributed by atoms with E-state index < -0.39 is 5.41 Å². The highest BCUT2D eigenvalue weighted by atomic mass is 35.5. The fraction of sp³-hybridized carbons (Fsp3) is 0.200. The van der Waals surface area contributed by atoms with Crippen molar-refractivity contribution in [3.8, 4) is 0 Å². The molecule has 1 heterocycles. The number of rotatable bonds is 4. The zero-order valence-electron chi connectivity index (χ0n) is 13.7. The van der Waals surface area contributed by atoms with Crippen molar-refractivity contribution in [2.75, 3.05) is 5.32 Å². The van der Waals surface area contributed by atoms with Gasteiger partial charge in [-0.25, -0.2) is 0 Å². The topological polar surface area (TPSA) is 62.0 Å². The number of nitrogens with one attached hydrogen (secondary N) is 2. The zero-order chi connectivity index (χ0) is 17.6. The molecule has 1 aliphatic carbocycles. The van der Waals surface area contributed by atoms with Crippen molar-refractivity contribution in [2.45, 2.75) is 25.2 Å². The highest BCUT2D eigenvalue weighted by Crippen LogP contribution is 2.51. The number of anilines is 1. The maximum Gasteiger partial charge on any atom is 0.235 e. The number of hydrogen-bond acceptors (Lipinski definition) is 2. The molecule has 0 atom stereocenters. The Morgan fingerprint density at radius 3 is 2.68 bits per heavy atom. The lowest BCUT2D eigenvalue weighted by Gasteiger charge is -2.15. The van der Waals surface area contributed by atoms with Gasteiger partial charge in [0.25, 0.3) is 0 Å². The Hall–Kier alpha value is -2.59. The molecule has 1 aromatic heterocycles. The lowest BCUT2D eigenvalue weighted by atomic mass is 9.94. The molecule has 25 heavy (non-hydrogen) atoms. The molecule has 0 bridgehead atoms. The fourth-order valence-electron chi connectivity index (χ4n) is 3.30. The van der Waals surface area contributed by atoms with E-state index in [0.29, 0.717) is 16.3 Å². The monoisotopic (exact) mass is 352 g/mol. The van der Waals surface area contributed by atoms with Crippen LogP contribution in [0.3, 0.4) is 0 Å². The van der Waals surface area contributed by atoms with Crippen LogP contribution < -0.4 is 5.32 Å². The number of carbonyl (C=O) groups excluding carboxylic acids is 2. The molecule has 2 N–H and O–H groups in total. The summed E-state index contributed by atoms with van der Waals surface area (Å²) < 4.78 is 0. The van der Waals surface area contributed by atoms with Crippen LogP contribution in [0.25, 0.3) is 10.9 Å². The summed E-state index contributed by atoms with van der Waals surface area (Å²) >= 11 is 6.13. The molecule has 5 heteroatoms. The summed E-state index contributed by atoms with van der Waals surface area (Å²) in [6.45, 7) is 1.51. The highest BCUT2D eigenvalue weighted by Gasteiger charge is 2.52. The number of aromatic nitrogens is 1. The molecule has 4 nitrogen and oxygen atoms in total. The van der Waals surface area contributed by atoms with Crippen molar-refractivity contribution in [2.24, 2.45) is 0 Å². The first-order valence-electron chi connectivity index (χ1n) is 8.19. The minimum absolute atomic E-state index is 0.0245. The Morgan fingerprint density at radius 1 is 1.16 bits per heavy atom. The molecule has 1 saturated carbocycles. The number of hydrogen-bond donors (Lipinski definition) is 2. The first kappa shape index (κ1) is 15.9. The average Bonchev–Trinajstić information content (AvgIpc) is 3.29. The molecule has 0 saturated heterocycles. The van der Waals surface area contributed by atoms with Crippen LogP contribution >= 0.6 is 11.6 Å². The van der Waals surface area contributed by atoms with E-state index in [2.05, 4.69) is 10.3 Å². The van der Waals surface area contributed by atoms with Gasteiger partial charge in [-0.1, -0.05) is 23.7 Å². The summed E-state index contributed by atoms with van der Waals surface area (Å²) in [7, 11) is 0. The fourth-order valence-corrected chi connectivity index (χ4v) is 3.47. The number of aromatic amines is 1. The molecule has 0 radical (unpaired) electrons. The lowest BCUT2D eigenvalue weighted by molar-refractivity contribution is -0.118. The molecule has 0 aliphatic heterocycles. The number of benzene rings is 2. The van der Waals surface area contributed by atoms with Crippen LogP contribution in [0.15, 0.2) is 48.7 Å². The molecule has 1 aliphatic rings. The van der Waals surface area contributed by atoms with Crippen LogP contribution in [0.5, 0.6) is 0 Å². The summed E-state index contributed by atoms with van der Waals surface area (Å²) in [5, 5.41) is 4.61. The van der Waals surface area contributed by atoms with Gasteiger partial charge in [0.2, 0.25) is 5.91 Å². The smallest absolute Gasteiger partial charge is 0.235 e. The van der Waals surface area contributed by atoms with Crippen molar-refractivity contribution in [1.29, 1.82) is 0 Å². The van der Waals surface area contributed by atoms with Gasteiger partial charge < -0.3 is 10.3 Å². The van der Waals surface area contributed by atoms with Gasteiger partial charge in [0.15, 0.2) is 5.78 Å². The van der Waals surface area contributed by atoms with Crippen LogP contribution in [0.1, 0.15) is 35.7 Å². The average molecular weight is 353 g/mol. The van der Waals surface area contributed by atoms with Crippen LogP contribution in [0.2, 0.25) is 5.02 Å². The Bertz CT molecular complexity index is 1000. The molecule has 0 unspecified atom stereocenters. The third kappa shape index (κ3) is 2.72. The Labute approximate surface area is 150 Å². The minimum atomic E-state index is -0.533. The SMILES string of the molecule is CC(=O)c1cccc(NC(=O)C2(c3c[nH]c4ccc(Cl)cc34)CC2)c1. The molecule has 3 aromatic rings. The molecule has 1 amide bonds. The number of Topliss-reactive ketones (excluding diaryl/α,β-unsaturated/α-hetero) is 1. The third-order valence-electron chi connectivity index (χ3n) is 4.87. The first-order valence-corrected chi connectivity index (χ1v) is 8.57. The van der Waals surface area contributed by atoms with E-state index in [1.165, 1.54) is 6.92 Å². The minimum Gasteiger partial charge on any atom is -0.361 e. The van der Waals surface area contributed by atoms with E-state index in [9.17, 15) is 9.59 Å². The maximum atomic E-state index is 13.0. The Morgan fingerprint density at radius 2 is 1.96 bits per heavy atom. The number of halogens is 1. The second-order valence-corrected chi connectivity index (χ2v) is 7.00. The Kier molecular flexibility index (Phi) is 3.65. The lowest BCUT2D eigenvalue weighted by Crippen LogP contribution is -2.27. The highest BCUT2D eigenvalue weighted by molar-refractivity contribution is 6.31. The van der Waals surface area contributed by atoms with Gasteiger partial charge in [-0.15, -0.1) is 0 Å². The van der Waals surface area contributed by atoms with Crippen LogP contribution in [-0.2, 0) is 10.2 Å². The van der Waals surface area contributed by atoms with E-state index in [1.54, 1.807) is 24.3 Å². The maximum absolute atomic E-state index is 13.0. The summed E-state index contributed by atoms with van der Waals surface area (Å²) in [5.41, 5.74) is 2.64. The standard InChI is InChI=1S/C20H17ClN2O2/c1-12(24)13-3-2-4-15(9-13)23-19(25)20(7-8-20)17-11-22-18-6-5-14(21)10-16(17)18/h2-6,9-11,22H,7-8H2,1H3,(H,23,25). The van der Waals surface area contributed by atoms with Gasteiger partial charge in [-0.3, -0.25) is 9.59 Å². The summed E-state index contributed by atoms with van der Waals surface area (Å²) in [5.74, 6) is -0.0717. The molecule has 1 fully saturated rings. The zero-order valence-corrected chi connectivity index (χ0v) is 14.5. The van der Waals surface area contributed by atoms with Crippen molar-refractivity contribution < 1.29 is 9.59 Å². The van der Waals surface area contributed by atoms with Crippen LogP contribution in [0.4, 0.5) is 5.69 Å². The van der Waals surface area contributed by atoms with Gasteiger partial charge in [-0.2, -0.15) is 0 Å². The van der Waals surface area contributed by atoms with Crippen molar-refractivity contribution >= 4 is 39.9 Å². The normalized spacial score (nSPS) is 15.1. The number of fused-ring (bicyclic) bond motifs is 1. The van der Waals surface area contributed by atoms with E-state index in [4.69, 9.17) is 11.6 Å². The van der Waals surface area contributed by atoms with Gasteiger partial charge in [-0.05, 0) is 55.7 Å². The summed E-state index contributed by atoms with van der Waals surface area (Å²) in [6.07, 6.45) is 3.50. The molecule has 0 spiro atoms. The predicted octanol–water partition coefficient (Wildman–Crippen LogP) is 4.69. The molecule has 126 valence electrons. The second-order valence-electron chi connectivity index (χ2n) is 6.57. The van der Waals surface area contributed by atoms with Crippen molar-refractivity contribution in [3.63, 3.8) is 0 Å². The van der Waals surface area contributed by atoms with Crippen molar-refractivity contribution in [1.82, 2.24) is 4.98 Å². The number of ketones is 1. The predicted molar refractivity (Wildman–Crippen MR) is 99.3 cm³/mol. The van der Waals surface area contributed by atoms with E-state index >= 15 is 0 Å². The van der Waals surface area contributed by atoms with Gasteiger partial charge in [0.05, 0.1) is 5.41 Å². The number of amides is 1. The molecule has 4 rings (SSSR count). The summed E-state index contributed by atoms with van der Waals surface area (Å²) in [4.78, 5) is 27.7. The second kappa shape index (κ2) is 5.74. The quantitative estimate of drug-likeness (QED) is 0.669. The van der Waals surface area contributed by atoms with Crippen molar-refractivity contribution in [3.05, 3.63) is 64.8 Å². The third-order valence-corrected chi connectivity index (χ3v) is 5.11. The van der Waals surface area contributed by atoms with Crippen LogP contribution in [0, 0.1) is 0 Å². The van der Waals surface area contributed by atoms with E-state index in [1.807, 2.05) is 24.4 Å². The Balaban J connectivity index is 1.66. The first-order chi connectivity index (χ1) is 12.0. The van der Waals surface area contributed by atoms with E-state index in [0.717, 1.165) is 29.3 Å². The molecular weight excluding hydrogens is 336 g/mol. The van der Waals surface area contributed by atoms with Gasteiger partial charge in [0, 0.05) is 33.4 Å².